The van der Waals surface area contributed by atoms with E-state index in [2.05, 4.69) is 4.98 Å². The van der Waals surface area contributed by atoms with Crippen molar-refractivity contribution in [2.45, 2.75) is 33.8 Å². The number of fused-ring (bicyclic) bond motifs is 1. The maximum Gasteiger partial charge on any atom is 0.350 e. The van der Waals surface area contributed by atoms with Crippen LogP contribution in [0.25, 0.3) is 16.2 Å². The molecular formula is C18H20N2O3S. The zero-order valence-electron chi connectivity index (χ0n) is 14.2. The molecule has 0 spiro atoms. The number of carbonyl (C=O) groups excluding carboxylic acids is 1. The lowest BCUT2D eigenvalue weighted by molar-refractivity contribution is 0.0382. The van der Waals surface area contributed by atoms with E-state index in [1.54, 1.807) is 0 Å². The number of nitrogens with zero attached hydrogens (tertiary/aromatic N) is 2. The van der Waals surface area contributed by atoms with Gasteiger partial charge in [0.2, 0.25) is 0 Å². The Labute approximate surface area is 144 Å². The van der Waals surface area contributed by atoms with E-state index in [4.69, 9.17) is 9.47 Å². The van der Waals surface area contributed by atoms with Gasteiger partial charge >= 0.3 is 5.97 Å². The Kier molecular flexibility index (Phi) is 4.57. The number of hydrogen-bond acceptors (Lipinski definition) is 5. The topological polar surface area (TPSA) is 52.8 Å². The van der Waals surface area contributed by atoms with Gasteiger partial charge < -0.3 is 9.47 Å². The molecule has 0 saturated carbocycles. The van der Waals surface area contributed by atoms with Gasteiger partial charge in [0.05, 0.1) is 18.4 Å². The maximum absolute atomic E-state index is 12.2. The molecule has 0 amide bonds. The first-order valence-corrected chi connectivity index (χ1v) is 8.74. The summed E-state index contributed by atoms with van der Waals surface area (Å²) < 4.78 is 12.9. The van der Waals surface area contributed by atoms with Crippen molar-refractivity contribution < 1.29 is 14.3 Å². The number of aryl methyl sites for hydroxylation is 1. The van der Waals surface area contributed by atoms with Crippen molar-refractivity contribution >= 4 is 22.3 Å². The molecule has 0 saturated heterocycles. The van der Waals surface area contributed by atoms with Crippen LogP contribution in [0, 0.1) is 6.92 Å². The number of carbonyl (C=O) groups is 1. The first kappa shape index (κ1) is 16.5. The summed E-state index contributed by atoms with van der Waals surface area (Å²) in [5.41, 5.74) is 2.62. The minimum absolute atomic E-state index is 0.139. The third-order valence-electron chi connectivity index (χ3n) is 3.55. The predicted octanol–water partition coefficient (Wildman–Crippen LogP) is 4.34. The van der Waals surface area contributed by atoms with E-state index < -0.39 is 0 Å². The van der Waals surface area contributed by atoms with Crippen molar-refractivity contribution in [2.75, 3.05) is 6.61 Å². The van der Waals surface area contributed by atoms with Crippen LogP contribution in [0.3, 0.4) is 0 Å². The predicted molar refractivity (Wildman–Crippen MR) is 95.0 cm³/mol. The van der Waals surface area contributed by atoms with E-state index in [9.17, 15) is 4.79 Å². The van der Waals surface area contributed by atoms with Crippen molar-refractivity contribution in [2.24, 2.45) is 0 Å². The highest BCUT2D eigenvalue weighted by Gasteiger charge is 2.20. The Morgan fingerprint density at radius 3 is 2.75 bits per heavy atom. The second kappa shape index (κ2) is 6.65. The summed E-state index contributed by atoms with van der Waals surface area (Å²) in [6.07, 6.45) is 1.80. The highest BCUT2D eigenvalue weighted by Crippen LogP contribution is 2.32. The molecule has 0 N–H and O–H groups in total. The molecule has 3 aromatic rings. The second-order valence-electron chi connectivity index (χ2n) is 5.68. The van der Waals surface area contributed by atoms with E-state index in [0.29, 0.717) is 11.5 Å². The Balaban J connectivity index is 2.01. The summed E-state index contributed by atoms with van der Waals surface area (Å²) in [6.45, 7) is 8.15. The summed E-state index contributed by atoms with van der Waals surface area (Å²) >= 11 is 1.35. The first-order chi connectivity index (χ1) is 11.5. The van der Waals surface area contributed by atoms with Gasteiger partial charge in [-0.1, -0.05) is 23.5 Å². The minimum Gasteiger partial charge on any atom is -0.493 e. The van der Waals surface area contributed by atoms with E-state index in [-0.39, 0.29) is 12.1 Å². The molecule has 3 rings (SSSR count). The van der Waals surface area contributed by atoms with Gasteiger partial charge in [-0.15, -0.1) is 0 Å². The Hall–Kier alpha value is -2.34. The van der Waals surface area contributed by atoms with Crippen molar-refractivity contribution in [1.82, 2.24) is 9.38 Å². The van der Waals surface area contributed by atoms with Crippen LogP contribution >= 0.6 is 11.3 Å². The summed E-state index contributed by atoms with van der Waals surface area (Å²) in [7, 11) is 0. The van der Waals surface area contributed by atoms with Gasteiger partial charge in [-0.3, -0.25) is 4.40 Å². The number of hydrogen-bond donors (Lipinski definition) is 0. The molecule has 6 heteroatoms. The van der Waals surface area contributed by atoms with E-state index in [0.717, 1.165) is 27.7 Å². The second-order valence-corrected chi connectivity index (χ2v) is 6.66. The SMILES string of the molecule is CCOc1ccccc1-c1cn2c(C)c(C(=O)OC(C)C)sc2n1. The smallest absolute Gasteiger partial charge is 0.350 e. The molecule has 0 radical (unpaired) electrons. The van der Waals surface area contributed by atoms with Gasteiger partial charge in [-0.2, -0.15) is 0 Å². The van der Waals surface area contributed by atoms with E-state index in [1.807, 2.05) is 62.6 Å². The lowest BCUT2D eigenvalue weighted by Crippen LogP contribution is -2.11. The van der Waals surface area contributed by atoms with Crippen LogP contribution < -0.4 is 4.74 Å². The molecule has 0 bridgehead atoms. The van der Waals surface area contributed by atoms with Gasteiger partial charge in [0.25, 0.3) is 0 Å². The zero-order valence-corrected chi connectivity index (χ0v) is 15.0. The monoisotopic (exact) mass is 344 g/mol. The molecule has 0 fully saturated rings. The highest BCUT2D eigenvalue weighted by molar-refractivity contribution is 7.19. The summed E-state index contributed by atoms with van der Waals surface area (Å²) in [5, 5.41) is 0. The molecule has 24 heavy (non-hydrogen) atoms. The van der Waals surface area contributed by atoms with Crippen molar-refractivity contribution in [3.05, 3.63) is 41.0 Å². The quantitative estimate of drug-likeness (QED) is 0.646. The van der Waals surface area contributed by atoms with Crippen LogP contribution in [0.2, 0.25) is 0 Å². The molecule has 2 heterocycles. The molecule has 126 valence electrons. The Morgan fingerprint density at radius 1 is 1.33 bits per heavy atom. The van der Waals surface area contributed by atoms with Gasteiger partial charge in [-0.05, 0) is 39.8 Å². The van der Waals surface area contributed by atoms with Gasteiger partial charge in [0.1, 0.15) is 10.6 Å². The first-order valence-electron chi connectivity index (χ1n) is 7.93. The van der Waals surface area contributed by atoms with Crippen molar-refractivity contribution in [3.63, 3.8) is 0 Å². The average molecular weight is 344 g/mol. The Morgan fingerprint density at radius 2 is 2.08 bits per heavy atom. The van der Waals surface area contributed by atoms with Crippen LogP contribution in [-0.2, 0) is 4.74 Å². The number of para-hydroxylation sites is 1. The molecule has 0 aliphatic carbocycles. The van der Waals surface area contributed by atoms with Crippen molar-refractivity contribution in [3.8, 4) is 17.0 Å². The molecule has 0 unspecified atom stereocenters. The number of imidazole rings is 1. The van der Waals surface area contributed by atoms with Crippen LogP contribution in [0.4, 0.5) is 0 Å². The number of esters is 1. The molecule has 0 atom stereocenters. The van der Waals surface area contributed by atoms with Crippen LogP contribution in [-0.4, -0.2) is 28.1 Å². The third-order valence-corrected chi connectivity index (χ3v) is 4.68. The average Bonchev–Trinajstić information content (AvgIpc) is 3.07. The van der Waals surface area contributed by atoms with Crippen LogP contribution in [0.15, 0.2) is 30.5 Å². The largest absolute Gasteiger partial charge is 0.493 e. The molecular weight excluding hydrogens is 324 g/mol. The number of aromatic nitrogens is 2. The summed E-state index contributed by atoms with van der Waals surface area (Å²) in [5.74, 6) is 0.511. The van der Waals surface area contributed by atoms with Crippen LogP contribution in [0.1, 0.15) is 36.1 Å². The molecule has 0 aliphatic rings. The number of ether oxygens (including phenoxy) is 2. The maximum atomic E-state index is 12.2. The third kappa shape index (κ3) is 3.01. The lowest BCUT2D eigenvalue weighted by Gasteiger charge is -2.07. The molecule has 0 aliphatic heterocycles. The fraction of sp³-hybridized carbons (Fsp3) is 0.333. The fourth-order valence-electron chi connectivity index (χ4n) is 2.50. The van der Waals surface area contributed by atoms with E-state index >= 15 is 0 Å². The molecule has 2 aromatic heterocycles. The fourth-order valence-corrected chi connectivity index (χ4v) is 3.49. The number of thiazole rings is 1. The minimum atomic E-state index is -0.297. The lowest BCUT2D eigenvalue weighted by atomic mass is 10.1. The Bertz CT molecular complexity index is 880. The van der Waals surface area contributed by atoms with Gasteiger partial charge in [-0.25, -0.2) is 9.78 Å². The van der Waals surface area contributed by atoms with Crippen LogP contribution in [0.5, 0.6) is 5.75 Å². The normalized spacial score (nSPS) is 11.2. The van der Waals surface area contributed by atoms with Gasteiger partial charge in [0, 0.05) is 17.5 Å². The number of benzene rings is 1. The zero-order chi connectivity index (χ0) is 17.3. The van der Waals surface area contributed by atoms with Crippen molar-refractivity contribution in [1.29, 1.82) is 0 Å². The summed E-state index contributed by atoms with van der Waals surface area (Å²) in [6, 6.07) is 7.83. The molecule has 1 aromatic carbocycles. The summed E-state index contributed by atoms with van der Waals surface area (Å²) in [4.78, 5) is 18.2. The van der Waals surface area contributed by atoms with E-state index in [1.165, 1.54) is 11.3 Å². The number of rotatable bonds is 5. The van der Waals surface area contributed by atoms with Gasteiger partial charge in [0.15, 0.2) is 4.96 Å². The highest BCUT2D eigenvalue weighted by atomic mass is 32.1. The standard InChI is InChI=1S/C18H20N2O3S/c1-5-22-15-9-7-6-8-13(15)14-10-20-12(4)16(24-18(20)19-14)17(21)23-11(2)3/h6-11H,5H2,1-4H3. The molecule has 5 nitrogen and oxygen atoms in total.